The highest BCUT2D eigenvalue weighted by molar-refractivity contribution is 5.85. The fourth-order valence-electron chi connectivity index (χ4n) is 0.283. The highest BCUT2D eigenvalue weighted by atomic mass is 35.5. The van der Waals surface area contributed by atoms with Gasteiger partial charge in [-0.3, -0.25) is 4.79 Å². The SMILES string of the molecule is Cl.O=c1ccn(O)nn1. The first-order chi connectivity index (χ1) is 3.79. The summed E-state index contributed by atoms with van der Waals surface area (Å²) < 4.78 is 0. The molecule has 1 aromatic heterocycles. The molecule has 0 radical (unpaired) electrons. The molecule has 0 atom stereocenters. The number of rotatable bonds is 0. The topological polar surface area (TPSA) is 68.0 Å². The zero-order valence-corrected chi connectivity index (χ0v) is 5.08. The van der Waals surface area contributed by atoms with Crippen molar-refractivity contribution in [1.29, 1.82) is 0 Å². The van der Waals surface area contributed by atoms with Crippen LogP contribution in [-0.4, -0.2) is 20.4 Å². The fraction of sp³-hybridized carbons (Fsp3) is 0. The third-order valence-electron chi connectivity index (χ3n) is 0.585. The molecule has 6 heteroatoms. The van der Waals surface area contributed by atoms with Crippen molar-refractivity contribution in [3.05, 3.63) is 22.6 Å². The van der Waals surface area contributed by atoms with Gasteiger partial charge in [-0.15, -0.1) is 12.4 Å². The molecule has 0 aliphatic heterocycles. The monoisotopic (exact) mass is 149 g/mol. The Balaban J connectivity index is 0.000000640. The first-order valence-electron chi connectivity index (χ1n) is 1.91. The van der Waals surface area contributed by atoms with Gasteiger partial charge in [0, 0.05) is 6.07 Å². The maximum absolute atomic E-state index is 10.1. The van der Waals surface area contributed by atoms with Gasteiger partial charge in [0.1, 0.15) is 0 Å². The van der Waals surface area contributed by atoms with Crippen molar-refractivity contribution in [2.75, 3.05) is 0 Å². The molecule has 0 saturated carbocycles. The standard InChI is InChI=1S/C3H3N3O2.ClH/c7-3-1-2-6(8)5-4-3;/h1-2,8H;1H. The molecule has 0 aliphatic carbocycles. The highest BCUT2D eigenvalue weighted by Crippen LogP contribution is 1.61. The van der Waals surface area contributed by atoms with Crippen molar-refractivity contribution >= 4 is 12.4 Å². The van der Waals surface area contributed by atoms with Crippen molar-refractivity contribution in [2.45, 2.75) is 0 Å². The molecule has 0 saturated heterocycles. The van der Waals surface area contributed by atoms with E-state index in [4.69, 9.17) is 5.21 Å². The predicted molar refractivity (Wildman–Crippen MR) is 30.7 cm³/mol. The van der Waals surface area contributed by atoms with E-state index in [9.17, 15) is 4.79 Å². The number of hydrogen-bond acceptors (Lipinski definition) is 4. The summed E-state index contributed by atoms with van der Waals surface area (Å²) in [4.78, 5) is 10.6. The zero-order chi connectivity index (χ0) is 5.98. The third-order valence-corrected chi connectivity index (χ3v) is 0.585. The first-order valence-corrected chi connectivity index (χ1v) is 1.91. The second-order valence-corrected chi connectivity index (χ2v) is 1.16. The molecule has 0 fully saturated rings. The molecule has 0 unspecified atom stereocenters. The summed E-state index contributed by atoms with van der Waals surface area (Å²) in [5.74, 6) is 0. The van der Waals surface area contributed by atoms with Gasteiger partial charge in [0.25, 0.3) is 5.56 Å². The van der Waals surface area contributed by atoms with Gasteiger partial charge in [-0.25, -0.2) is 0 Å². The van der Waals surface area contributed by atoms with Crippen LogP contribution >= 0.6 is 12.4 Å². The third kappa shape index (κ3) is 2.09. The molecule has 1 N–H and O–H groups in total. The average molecular weight is 150 g/mol. The number of hydrogen-bond donors (Lipinski definition) is 1. The maximum Gasteiger partial charge on any atom is 0.291 e. The van der Waals surface area contributed by atoms with Gasteiger partial charge in [-0.1, -0.05) is 9.94 Å². The summed E-state index contributed by atoms with van der Waals surface area (Å²) in [6, 6.07) is 1.10. The van der Waals surface area contributed by atoms with Crippen LogP contribution in [0.2, 0.25) is 0 Å². The van der Waals surface area contributed by atoms with Crippen LogP contribution in [0.5, 0.6) is 0 Å². The molecule has 1 aromatic rings. The summed E-state index contributed by atoms with van der Waals surface area (Å²) in [6.07, 6.45) is 1.11. The Hall–Kier alpha value is -1.10. The van der Waals surface area contributed by atoms with Gasteiger partial charge in [-0.05, 0) is 5.21 Å². The molecule has 0 bridgehead atoms. The minimum Gasteiger partial charge on any atom is -0.411 e. The Bertz CT molecular complexity index is 214. The summed E-state index contributed by atoms with van der Waals surface area (Å²) in [6.45, 7) is 0. The second-order valence-electron chi connectivity index (χ2n) is 1.16. The molecular weight excluding hydrogens is 146 g/mol. The van der Waals surface area contributed by atoms with Crippen LogP contribution in [0, 0.1) is 0 Å². The summed E-state index contributed by atoms with van der Waals surface area (Å²) in [5, 5.41) is 14.3. The molecule has 5 nitrogen and oxygen atoms in total. The normalized spacial score (nSPS) is 8.00. The van der Waals surface area contributed by atoms with Crippen molar-refractivity contribution < 1.29 is 5.21 Å². The van der Waals surface area contributed by atoms with Crippen LogP contribution in [0.3, 0.4) is 0 Å². The number of aromatic nitrogens is 3. The minimum atomic E-state index is -0.463. The van der Waals surface area contributed by atoms with Crippen molar-refractivity contribution in [3.63, 3.8) is 0 Å². The molecule has 1 heterocycles. The van der Waals surface area contributed by atoms with E-state index in [1.54, 1.807) is 0 Å². The summed E-state index contributed by atoms with van der Waals surface area (Å²) in [5.41, 5.74) is -0.463. The Morgan fingerprint density at radius 3 is 2.67 bits per heavy atom. The van der Waals surface area contributed by atoms with E-state index in [2.05, 4.69) is 10.3 Å². The Labute approximate surface area is 56.3 Å². The lowest BCUT2D eigenvalue weighted by Crippen LogP contribution is -2.11. The van der Waals surface area contributed by atoms with Crippen molar-refractivity contribution in [1.82, 2.24) is 15.2 Å². The molecule has 0 spiro atoms. The van der Waals surface area contributed by atoms with Crippen LogP contribution in [-0.2, 0) is 0 Å². The van der Waals surface area contributed by atoms with Gasteiger partial charge in [-0.2, -0.15) is 0 Å². The van der Waals surface area contributed by atoms with E-state index >= 15 is 0 Å². The van der Waals surface area contributed by atoms with Crippen molar-refractivity contribution in [2.24, 2.45) is 0 Å². The van der Waals surface area contributed by atoms with Crippen molar-refractivity contribution in [3.8, 4) is 0 Å². The van der Waals surface area contributed by atoms with Gasteiger partial charge < -0.3 is 5.21 Å². The van der Waals surface area contributed by atoms with Gasteiger partial charge in [0.15, 0.2) is 0 Å². The van der Waals surface area contributed by atoms with Crippen LogP contribution in [0.4, 0.5) is 0 Å². The smallest absolute Gasteiger partial charge is 0.291 e. The predicted octanol–water partition coefficient (Wildman–Crippen LogP) is -0.703. The lowest BCUT2D eigenvalue weighted by molar-refractivity contribution is 0.133. The first kappa shape index (κ1) is 7.90. The molecule has 50 valence electrons. The highest BCUT2D eigenvalue weighted by Gasteiger charge is 1.81. The van der Waals surface area contributed by atoms with Crippen LogP contribution in [0.15, 0.2) is 17.1 Å². The Kier molecular flexibility index (Phi) is 2.66. The molecular formula is C3H4ClN3O2. The quantitative estimate of drug-likeness (QED) is 0.495. The van der Waals surface area contributed by atoms with E-state index in [-0.39, 0.29) is 12.4 Å². The van der Waals surface area contributed by atoms with Crippen LogP contribution in [0.1, 0.15) is 0 Å². The average Bonchev–Trinajstić information content (AvgIpc) is 1.77. The van der Waals surface area contributed by atoms with E-state index < -0.39 is 5.56 Å². The van der Waals surface area contributed by atoms with E-state index in [1.165, 1.54) is 0 Å². The molecule has 0 aromatic carbocycles. The van der Waals surface area contributed by atoms with E-state index in [0.717, 1.165) is 12.3 Å². The Morgan fingerprint density at radius 2 is 2.33 bits per heavy atom. The lowest BCUT2D eigenvalue weighted by Gasteiger charge is -1.85. The number of nitrogens with zero attached hydrogens (tertiary/aromatic N) is 3. The molecule has 0 amide bonds. The van der Waals surface area contributed by atoms with E-state index in [1.807, 2.05) is 0 Å². The summed E-state index contributed by atoms with van der Waals surface area (Å²) >= 11 is 0. The lowest BCUT2D eigenvalue weighted by atomic mass is 10.7. The molecule has 1 rings (SSSR count). The summed E-state index contributed by atoms with van der Waals surface area (Å²) in [7, 11) is 0. The largest absolute Gasteiger partial charge is 0.411 e. The molecule has 9 heavy (non-hydrogen) atoms. The Morgan fingerprint density at radius 1 is 1.67 bits per heavy atom. The van der Waals surface area contributed by atoms with E-state index in [0.29, 0.717) is 4.85 Å². The van der Waals surface area contributed by atoms with Gasteiger partial charge in [0.2, 0.25) is 0 Å². The second kappa shape index (κ2) is 3.03. The van der Waals surface area contributed by atoms with Crippen LogP contribution in [0.25, 0.3) is 0 Å². The maximum atomic E-state index is 10.1. The molecule has 0 aliphatic rings. The zero-order valence-electron chi connectivity index (χ0n) is 4.26. The van der Waals surface area contributed by atoms with Gasteiger partial charge >= 0.3 is 0 Å². The number of halogens is 1. The minimum absolute atomic E-state index is 0. The fourth-order valence-corrected chi connectivity index (χ4v) is 0.283. The van der Waals surface area contributed by atoms with Crippen LogP contribution < -0.4 is 5.56 Å². The van der Waals surface area contributed by atoms with Gasteiger partial charge in [0.05, 0.1) is 6.20 Å².